The van der Waals surface area contributed by atoms with Crippen LogP contribution in [0, 0.1) is 0 Å². The lowest BCUT2D eigenvalue weighted by atomic mass is 10.2. The lowest BCUT2D eigenvalue weighted by Gasteiger charge is -2.10. The van der Waals surface area contributed by atoms with Gasteiger partial charge in [-0.15, -0.1) is 0 Å². The van der Waals surface area contributed by atoms with Gasteiger partial charge in [0.1, 0.15) is 11.4 Å². The molecule has 0 aliphatic rings. The van der Waals surface area contributed by atoms with Gasteiger partial charge in [0.15, 0.2) is 0 Å². The van der Waals surface area contributed by atoms with Gasteiger partial charge in [0.25, 0.3) is 0 Å². The van der Waals surface area contributed by atoms with Crippen molar-refractivity contribution in [1.82, 2.24) is 9.78 Å². The third kappa shape index (κ3) is 3.55. The summed E-state index contributed by atoms with van der Waals surface area (Å²) in [6.07, 6.45) is -4.47. The van der Waals surface area contributed by atoms with Gasteiger partial charge in [0.2, 0.25) is 0 Å². The van der Waals surface area contributed by atoms with E-state index in [1.807, 2.05) is 0 Å². The number of halogens is 3. The van der Waals surface area contributed by atoms with E-state index in [9.17, 15) is 13.2 Å². The number of aromatic nitrogens is 2. The Morgan fingerprint density at radius 1 is 1.29 bits per heavy atom. The van der Waals surface area contributed by atoms with Gasteiger partial charge in [-0.3, -0.25) is 4.68 Å². The minimum Gasteiger partial charge on any atom is -0.497 e. The zero-order valence-electron chi connectivity index (χ0n) is 11.7. The average Bonchev–Trinajstić information content (AvgIpc) is 2.84. The molecule has 4 nitrogen and oxygen atoms in total. The number of nitrogens with two attached hydrogens (primary N) is 1. The van der Waals surface area contributed by atoms with Gasteiger partial charge in [-0.25, -0.2) is 0 Å². The summed E-state index contributed by atoms with van der Waals surface area (Å²) in [5.74, 6) is 0.645. The van der Waals surface area contributed by atoms with E-state index in [-0.39, 0.29) is 12.2 Å². The summed E-state index contributed by atoms with van der Waals surface area (Å²) in [5.41, 5.74) is 5.72. The van der Waals surface area contributed by atoms with E-state index in [4.69, 9.17) is 10.5 Å². The molecule has 1 aromatic heterocycles. The van der Waals surface area contributed by atoms with E-state index in [2.05, 4.69) is 5.10 Å². The van der Waals surface area contributed by atoms with Gasteiger partial charge in [-0.05, 0) is 30.7 Å². The Bertz CT molecular complexity index is 603. The van der Waals surface area contributed by atoms with Crippen molar-refractivity contribution < 1.29 is 17.9 Å². The molecule has 1 aromatic carbocycles. The molecule has 0 fully saturated rings. The standard InChI is InChI=1S/C14H16F3N3O/c1-9(18)12-7-13(14(15,16)17)20(19-12)8-10-3-5-11(21-2)6-4-10/h3-7,9H,8,18H2,1-2H3/t9-/m1/s1. The van der Waals surface area contributed by atoms with Crippen molar-refractivity contribution in [1.29, 1.82) is 0 Å². The molecular formula is C14H16F3N3O. The highest BCUT2D eigenvalue weighted by Crippen LogP contribution is 2.31. The van der Waals surface area contributed by atoms with Crippen molar-refractivity contribution in [2.45, 2.75) is 25.7 Å². The molecule has 0 amide bonds. The van der Waals surface area contributed by atoms with Crippen molar-refractivity contribution >= 4 is 0 Å². The summed E-state index contributed by atoms with van der Waals surface area (Å²) >= 11 is 0. The number of hydrogen-bond acceptors (Lipinski definition) is 3. The first-order valence-electron chi connectivity index (χ1n) is 6.34. The number of benzene rings is 1. The van der Waals surface area contributed by atoms with Crippen LogP contribution in [0.3, 0.4) is 0 Å². The molecule has 7 heteroatoms. The summed E-state index contributed by atoms with van der Waals surface area (Å²) in [5, 5.41) is 3.95. The van der Waals surface area contributed by atoms with Crippen LogP contribution < -0.4 is 10.5 Å². The highest BCUT2D eigenvalue weighted by molar-refractivity contribution is 5.28. The van der Waals surface area contributed by atoms with Crippen LogP contribution in [0.15, 0.2) is 30.3 Å². The molecule has 0 aliphatic carbocycles. The molecular weight excluding hydrogens is 283 g/mol. The molecule has 0 radical (unpaired) electrons. The highest BCUT2D eigenvalue weighted by atomic mass is 19.4. The predicted octanol–water partition coefficient (Wildman–Crippen LogP) is 2.98. The second-order valence-corrected chi connectivity index (χ2v) is 4.75. The van der Waals surface area contributed by atoms with Crippen LogP contribution in [-0.4, -0.2) is 16.9 Å². The molecule has 2 N–H and O–H groups in total. The smallest absolute Gasteiger partial charge is 0.433 e. The predicted molar refractivity (Wildman–Crippen MR) is 71.9 cm³/mol. The third-order valence-corrected chi connectivity index (χ3v) is 3.05. The third-order valence-electron chi connectivity index (χ3n) is 3.05. The monoisotopic (exact) mass is 299 g/mol. The molecule has 0 aliphatic heterocycles. The van der Waals surface area contributed by atoms with Gasteiger partial charge >= 0.3 is 6.18 Å². The fourth-order valence-corrected chi connectivity index (χ4v) is 1.91. The van der Waals surface area contributed by atoms with Crippen LogP contribution in [0.25, 0.3) is 0 Å². The Hall–Kier alpha value is -2.02. The first-order chi connectivity index (χ1) is 9.81. The molecule has 21 heavy (non-hydrogen) atoms. The number of alkyl halides is 3. The topological polar surface area (TPSA) is 53.1 Å². The zero-order valence-corrected chi connectivity index (χ0v) is 11.7. The first kappa shape index (κ1) is 15.4. The lowest BCUT2D eigenvalue weighted by Crippen LogP contribution is -2.15. The molecule has 0 unspecified atom stereocenters. The second kappa shape index (κ2) is 5.77. The molecule has 2 aromatic rings. The van der Waals surface area contributed by atoms with Crippen molar-refractivity contribution in [2.24, 2.45) is 5.73 Å². The van der Waals surface area contributed by atoms with E-state index >= 15 is 0 Å². The quantitative estimate of drug-likeness (QED) is 0.944. The Morgan fingerprint density at radius 2 is 1.90 bits per heavy atom. The minimum absolute atomic E-state index is 0.0194. The van der Waals surface area contributed by atoms with Crippen LogP contribution in [0.1, 0.15) is 29.9 Å². The normalized spacial score (nSPS) is 13.2. The summed E-state index contributed by atoms with van der Waals surface area (Å²) in [6, 6.07) is 7.23. The fraction of sp³-hybridized carbons (Fsp3) is 0.357. The zero-order chi connectivity index (χ0) is 15.6. The molecule has 0 bridgehead atoms. The van der Waals surface area contributed by atoms with Gasteiger partial charge < -0.3 is 10.5 Å². The van der Waals surface area contributed by atoms with Crippen LogP contribution in [0.4, 0.5) is 13.2 Å². The average molecular weight is 299 g/mol. The Labute approximate surface area is 120 Å². The van der Waals surface area contributed by atoms with E-state index in [0.29, 0.717) is 11.3 Å². The minimum atomic E-state index is -4.47. The van der Waals surface area contributed by atoms with Crippen LogP contribution >= 0.6 is 0 Å². The number of rotatable bonds is 4. The van der Waals surface area contributed by atoms with E-state index in [1.165, 1.54) is 7.11 Å². The van der Waals surface area contributed by atoms with Crippen LogP contribution in [-0.2, 0) is 12.7 Å². The second-order valence-electron chi connectivity index (χ2n) is 4.75. The first-order valence-corrected chi connectivity index (χ1v) is 6.34. The molecule has 2 rings (SSSR count). The summed E-state index contributed by atoms with van der Waals surface area (Å²) in [6.45, 7) is 1.62. The van der Waals surface area contributed by atoms with E-state index < -0.39 is 17.9 Å². The van der Waals surface area contributed by atoms with Gasteiger partial charge in [0.05, 0.1) is 19.3 Å². The Kier molecular flexibility index (Phi) is 4.22. The molecule has 0 saturated heterocycles. The Balaban J connectivity index is 2.33. The number of hydrogen-bond donors (Lipinski definition) is 1. The van der Waals surface area contributed by atoms with Gasteiger partial charge in [0, 0.05) is 6.04 Å². The van der Waals surface area contributed by atoms with Gasteiger partial charge in [-0.1, -0.05) is 12.1 Å². The number of nitrogens with zero attached hydrogens (tertiary/aromatic N) is 2. The molecule has 0 saturated carbocycles. The summed E-state index contributed by atoms with van der Waals surface area (Å²) in [7, 11) is 1.53. The van der Waals surface area contributed by atoms with Crippen molar-refractivity contribution in [2.75, 3.05) is 7.11 Å². The number of methoxy groups -OCH3 is 1. The van der Waals surface area contributed by atoms with Crippen molar-refractivity contribution in [3.05, 3.63) is 47.3 Å². The maximum Gasteiger partial charge on any atom is 0.433 e. The maximum atomic E-state index is 13.0. The van der Waals surface area contributed by atoms with Crippen molar-refractivity contribution in [3.8, 4) is 5.75 Å². The number of ether oxygens (including phenoxy) is 1. The van der Waals surface area contributed by atoms with Crippen molar-refractivity contribution in [3.63, 3.8) is 0 Å². The Morgan fingerprint density at radius 3 is 2.38 bits per heavy atom. The largest absolute Gasteiger partial charge is 0.497 e. The molecule has 1 heterocycles. The van der Waals surface area contributed by atoms with Gasteiger partial charge in [-0.2, -0.15) is 18.3 Å². The van der Waals surface area contributed by atoms with Crippen LogP contribution in [0.5, 0.6) is 5.75 Å². The fourth-order valence-electron chi connectivity index (χ4n) is 1.91. The molecule has 1 atom stereocenters. The summed E-state index contributed by atoms with van der Waals surface area (Å²) in [4.78, 5) is 0. The highest BCUT2D eigenvalue weighted by Gasteiger charge is 2.36. The maximum absolute atomic E-state index is 13.0. The molecule has 0 spiro atoms. The van der Waals surface area contributed by atoms with Crippen LogP contribution in [0.2, 0.25) is 0 Å². The summed E-state index contributed by atoms with van der Waals surface area (Å²) < 4.78 is 45.0. The van der Waals surface area contributed by atoms with E-state index in [1.54, 1.807) is 31.2 Å². The SMILES string of the molecule is COc1ccc(Cn2nc([C@@H](C)N)cc2C(F)(F)F)cc1. The van der Waals surface area contributed by atoms with E-state index in [0.717, 1.165) is 10.7 Å². The molecule has 114 valence electrons. The lowest BCUT2D eigenvalue weighted by molar-refractivity contribution is -0.144.